The Balaban J connectivity index is 0.000000605. The standard InChI is InChI=1S/C2HN8.H3N/c1-3-6-9-10(1)2-4-7-8-5-2;/h1H;1H3/q-1;/p+1. The summed E-state index contributed by atoms with van der Waals surface area (Å²) >= 11 is 0. The molecule has 2 rings (SSSR count). The van der Waals surface area contributed by atoms with Crippen LogP contribution >= 0.6 is 0 Å². The number of nitrogens with zero attached hydrogens (tertiary/aromatic N) is 8. The van der Waals surface area contributed by atoms with Gasteiger partial charge in [-0.2, -0.15) is 5.21 Å². The third-order valence-corrected chi connectivity index (χ3v) is 0.862. The van der Waals surface area contributed by atoms with E-state index in [1.807, 2.05) is 0 Å². The van der Waals surface area contributed by atoms with Crippen LogP contribution in [0.4, 0.5) is 0 Å². The van der Waals surface area contributed by atoms with E-state index >= 15 is 0 Å². The van der Waals surface area contributed by atoms with Gasteiger partial charge in [0.15, 0.2) is 0 Å². The second-order valence-electron chi connectivity index (χ2n) is 1.43. The summed E-state index contributed by atoms with van der Waals surface area (Å²) in [5.41, 5.74) is 0. The number of hydrogen-bond acceptors (Lipinski definition) is 6. The van der Waals surface area contributed by atoms with Crippen LogP contribution in [0.25, 0.3) is 5.95 Å². The Morgan fingerprint density at radius 1 is 1.36 bits per heavy atom. The molecule has 0 saturated carbocycles. The summed E-state index contributed by atoms with van der Waals surface area (Å²) in [5, 5.41) is 23.8. The molecule has 0 unspecified atom stereocenters. The Bertz CT molecular complexity index is 247. The van der Waals surface area contributed by atoms with Gasteiger partial charge in [-0.3, -0.25) is 5.10 Å². The van der Waals surface area contributed by atoms with E-state index in [0.717, 1.165) is 0 Å². The van der Waals surface area contributed by atoms with Crippen molar-refractivity contribution in [3.8, 4) is 5.95 Å². The third-order valence-electron chi connectivity index (χ3n) is 0.862. The Hall–Kier alpha value is -1.90. The fourth-order valence-corrected chi connectivity index (χ4v) is 0.485. The second kappa shape index (κ2) is 2.79. The molecule has 0 amide bonds. The van der Waals surface area contributed by atoms with E-state index in [1.54, 1.807) is 0 Å². The minimum Gasteiger partial charge on any atom is -0.369 e. The van der Waals surface area contributed by atoms with Gasteiger partial charge in [-0.25, -0.2) is 9.78 Å². The molecule has 0 saturated heterocycles. The maximum Gasteiger partial charge on any atom is 0.124 e. The molecule has 9 heteroatoms. The lowest BCUT2D eigenvalue weighted by molar-refractivity contribution is 0.747. The van der Waals surface area contributed by atoms with Gasteiger partial charge in [0.25, 0.3) is 0 Å². The van der Waals surface area contributed by atoms with E-state index < -0.39 is 0 Å². The van der Waals surface area contributed by atoms with Crippen molar-refractivity contribution in [3.63, 3.8) is 0 Å². The lowest BCUT2D eigenvalue weighted by atomic mass is 11.0. The average Bonchev–Trinajstić information content (AvgIpc) is 2.59. The van der Waals surface area contributed by atoms with E-state index in [4.69, 9.17) is 0 Å². The molecule has 0 aromatic carbocycles. The topological polar surface area (TPSA) is 133 Å². The van der Waals surface area contributed by atoms with Crippen LogP contribution in [0, 0.1) is 0 Å². The molecule has 58 valence electrons. The molecule has 0 atom stereocenters. The van der Waals surface area contributed by atoms with Gasteiger partial charge in [-0.1, -0.05) is 5.21 Å². The van der Waals surface area contributed by atoms with Crippen LogP contribution < -0.4 is 11.2 Å². The molecule has 0 aliphatic heterocycles. The monoisotopic (exact) mass is 155 g/mol. The van der Waals surface area contributed by atoms with Crippen LogP contribution in [0.5, 0.6) is 0 Å². The van der Waals surface area contributed by atoms with E-state index in [-0.39, 0.29) is 12.1 Å². The average molecular weight is 155 g/mol. The summed E-state index contributed by atoms with van der Waals surface area (Å²) in [6.45, 7) is 0. The highest BCUT2D eigenvalue weighted by molar-refractivity contribution is 4.96. The Labute approximate surface area is 60.4 Å². The van der Waals surface area contributed by atoms with Crippen LogP contribution in [-0.4, -0.2) is 35.7 Å². The smallest absolute Gasteiger partial charge is 0.124 e. The first-order chi connectivity index (χ1) is 4.97. The molecule has 0 aliphatic rings. The van der Waals surface area contributed by atoms with E-state index in [0.29, 0.717) is 0 Å². The van der Waals surface area contributed by atoms with E-state index in [2.05, 4.69) is 36.1 Å². The number of quaternary nitrogens is 1. The summed E-state index contributed by atoms with van der Waals surface area (Å²) < 4.78 is 1.26. The highest BCUT2D eigenvalue weighted by Gasteiger charge is 1.89. The molecular weight excluding hydrogens is 150 g/mol. The van der Waals surface area contributed by atoms with Crippen LogP contribution in [0.15, 0.2) is 6.33 Å². The van der Waals surface area contributed by atoms with E-state index in [9.17, 15) is 0 Å². The molecular formula is C2H5N9. The van der Waals surface area contributed by atoms with Crippen LogP contribution in [0.3, 0.4) is 0 Å². The highest BCUT2D eigenvalue weighted by atomic mass is 15.6. The molecule has 11 heavy (non-hydrogen) atoms. The van der Waals surface area contributed by atoms with Gasteiger partial charge < -0.3 is 6.15 Å². The normalized spacial score (nSPS) is 9.09. The SMILES string of the molecule is [NH4+].c1nnnn1-c1nnn[n-]1. The van der Waals surface area contributed by atoms with Crippen molar-refractivity contribution in [2.24, 2.45) is 0 Å². The van der Waals surface area contributed by atoms with E-state index in [1.165, 1.54) is 11.0 Å². The molecule has 2 aromatic rings. The zero-order valence-corrected chi connectivity index (χ0v) is 5.66. The van der Waals surface area contributed by atoms with Gasteiger partial charge in [-0.05, 0) is 5.21 Å². The number of tetrazole rings is 2. The van der Waals surface area contributed by atoms with Crippen LogP contribution in [-0.2, 0) is 0 Å². The fourth-order valence-electron chi connectivity index (χ4n) is 0.485. The molecule has 0 spiro atoms. The molecule has 2 heterocycles. The lowest BCUT2D eigenvalue weighted by Gasteiger charge is -1.93. The summed E-state index contributed by atoms with van der Waals surface area (Å²) in [5.74, 6) is 0.269. The molecule has 0 bridgehead atoms. The molecule has 2 aromatic heterocycles. The van der Waals surface area contributed by atoms with Crippen molar-refractivity contribution in [2.45, 2.75) is 0 Å². The second-order valence-corrected chi connectivity index (χ2v) is 1.43. The van der Waals surface area contributed by atoms with Gasteiger partial charge in [0, 0.05) is 0 Å². The van der Waals surface area contributed by atoms with Crippen molar-refractivity contribution in [1.82, 2.24) is 47.0 Å². The maximum absolute atomic E-state index is 3.51. The zero-order chi connectivity index (χ0) is 6.81. The van der Waals surface area contributed by atoms with Crippen LogP contribution in [0.1, 0.15) is 0 Å². The minimum atomic E-state index is 0. The lowest BCUT2D eigenvalue weighted by Crippen LogP contribution is -1.98. The largest absolute Gasteiger partial charge is 0.369 e. The predicted molar refractivity (Wildman–Crippen MR) is 31.8 cm³/mol. The van der Waals surface area contributed by atoms with Gasteiger partial charge in [0.05, 0.1) is 0 Å². The predicted octanol–water partition coefficient (Wildman–Crippen LogP) is -1.82. The summed E-state index contributed by atoms with van der Waals surface area (Å²) in [7, 11) is 0. The Morgan fingerprint density at radius 2 is 2.27 bits per heavy atom. The van der Waals surface area contributed by atoms with Gasteiger partial charge in [0.2, 0.25) is 0 Å². The molecule has 9 nitrogen and oxygen atoms in total. The molecule has 4 N–H and O–H groups in total. The van der Waals surface area contributed by atoms with Gasteiger partial charge in [0.1, 0.15) is 12.3 Å². The summed E-state index contributed by atoms with van der Waals surface area (Å²) in [6.07, 6.45) is 1.36. The van der Waals surface area contributed by atoms with Crippen molar-refractivity contribution in [3.05, 3.63) is 6.33 Å². The maximum atomic E-state index is 3.51. The van der Waals surface area contributed by atoms with Gasteiger partial charge in [-0.15, -0.1) is 10.3 Å². The van der Waals surface area contributed by atoms with Crippen molar-refractivity contribution in [2.75, 3.05) is 0 Å². The van der Waals surface area contributed by atoms with Crippen LogP contribution in [0.2, 0.25) is 0 Å². The Morgan fingerprint density at radius 3 is 2.82 bits per heavy atom. The van der Waals surface area contributed by atoms with Crippen molar-refractivity contribution < 1.29 is 0 Å². The first kappa shape index (κ1) is 7.21. The zero-order valence-electron chi connectivity index (χ0n) is 5.66. The first-order valence-corrected chi connectivity index (χ1v) is 2.39. The molecule has 0 aliphatic carbocycles. The van der Waals surface area contributed by atoms with Crippen molar-refractivity contribution >= 4 is 0 Å². The molecule has 0 radical (unpaired) electrons. The fraction of sp³-hybridized carbons (Fsp3) is 0. The minimum absolute atomic E-state index is 0. The first-order valence-electron chi connectivity index (χ1n) is 2.39. The number of rotatable bonds is 1. The number of hydrogen-bond donors (Lipinski definition) is 1. The quantitative estimate of drug-likeness (QED) is 0.512. The third kappa shape index (κ3) is 1.16. The summed E-state index contributed by atoms with van der Waals surface area (Å²) in [6, 6.07) is 0. The Kier molecular flexibility index (Phi) is 1.83. The van der Waals surface area contributed by atoms with Gasteiger partial charge >= 0.3 is 0 Å². The highest BCUT2D eigenvalue weighted by Crippen LogP contribution is 1.85. The number of aromatic nitrogens is 8. The summed E-state index contributed by atoms with van der Waals surface area (Å²) in [4.78, 5) is 0. The van der Waals surface area contributed by atoms with Crippen molar-refractivity contribution in [1.29, 1.82) is 0 Å². The molecule has 0 fully saturated rings.